The smallest absolute Gasteiger partial charge is 0.264 e. The van der Waals surface area contributed by atoms with Crippen LogP contribution in [0.3, 0.4) is 0 Å². The summed E-state index contributed by atoms with van der Waals surface area (Å²) in [6, 6.07) is 26.5. The minimum atomic E-state index is -4.34. The second-order valence-electron chi connectivity index (χ2n) is 12.5. The molecule has 4 aromatic carbocycles. The van der Waals surface area contributed by atoms with Crippen molar-refractivity contribution in [3.8, 4) is 11.5 Å². The third-order valence-corrected chi connectivity index (χ3v) is 9.56. The number of sulfonamides is 1. The van der Waals surface area contributed by atoms with Gasteiger partial charge >= 0.3 is 0 Å². The molecule has 0 aliphatic carbocycles. The van der Waals surface area contributed by atoms with Crippen LogP contribution >= 0.6 is 11.6 Å². The van der Waals surface area contributed by atoms with E-state index in [1.54, 1.807) is 42.5 Å². The van der Waals surface area contributed by atoms with Gasteiger partial charge in [-0.1, -0.05) is 71.8 Å². The number of aryl methyl sites for hydroxylation is 1. The topological polar surface area (TPSA) is 105 Å². The Hall–Kier alpha value is -4.54. The van der Waals surface area contributed by atoms with Gasteiger partial charge < -0.3 is 19.7 Å². The van der Waals surface area contributed by atoms with E-state index in [4.69, 9.17) is 21.1 Å². The molecule has 4 aromatic rings. The second-order valence-corrected chi connectivity index (χ2v) is 14.8. The number of carbonyl (C=O) groups excluding carboxylic acids is 2. The molecule has 0 aliphatic rings. The van der Waals surface area contributed by atoms with Gasteiger partial charge in [0, 0.05) is 29.6 Å². The Morgan fingerprint density at radius 2 is 1.48 bits per heavy atom. The van der Waals surface area contributed by atoms with Gasteiger partial charge in [0.2, 0.25) is 11.8 Å². The number of methoxy groups -OCH3 is 2. The first kappa shape index (κ1) is 36.3. The molecule has 0 heterocycles. The van der Waals surface area contributed by atoms with Crippen molar-refractivity contribution in [3.63, 3.8) is 0 Å². The van der Waals surface area contributed by atoms with E-state index in [1.165, 1.54) is 37.3 Å². The summed E-state index contributed by atoms with van der Waals surface area (Å²) in [5.41, 5.74) is 2.12. The SMILES string of the molecule is COc1ccc(S(=O)(=O)N(CC(=O)N(Cc2cccc(Cl)c2)[C@@H](Cc2ccccc2)C(=O)NC(C)(C)C)c2ccc(C)cc2)cc1OC. The molecule has 0 aromatic heterocycles. The highest BCUT2D eigenvalue weighted by molar-refractivity contribution is 7.92. The van der Waals surface area contributed by atoms with Crippen molar-refractivity contribution < 1.29 is 27.5 Å². The van der Waals surface area contributed by atoms with E-state index in [1.807, 2.05) is 64.1 Å². The van der Waals surface area contributed by atoms with Crippen molar-refractivity contribution >= 4 is 39.1 Å². The number of hydrogen-bond acceptors (Lipinski definition) is 6. The third-order valence-electron chi connectivity index (χ3n) is 7.56. The highest BCUT2D eigenvalue weighted by Gasteiger charge is 2.36. The highest BCUT2D eigenvalue weighted by Crippen LogP contribution is 2.32. The van der Waals surface area contributed by atoms with Crippen LogP contribution in [0.2, 0.25) is 5.02 Å². The number of hydrogen-bond donors (Lipinski definition) is 1. The molecule has 1 atom stereocenters. The maximum atomic E-state index is 14.6. The zero-order valence-electron chi connectivity index (χ0n) is 28.1. The number of rotatable bonds is 13. The summed E-state index contributed by atoms with van der Waals surface area (Å²) < 4.78 is 40.5. The van der Waals surface area contributed by atoms with Crippen molar-refractivity contribution in [1.29, 1.82) is 0 Å². The van der Waals surface area contributed by atoms with Crippen molar-refractivity contribution in [2.75, 3.05) is 25.1 Å². The highest BCUT2D eigenvalue weighted by atomic mass is 35.5. The number of nitrogens with zero attached hydrogens (tertiary/aromatic N) is 2. The van der Waals surface area contributed by atoms with E-state index in [0.717, 1.165) is 15.4 Å². The van der Waals surface area contributed by atoms with Gasteiger partial charge in [0.1, 0.15) is 12.6 Å². The lowest BCUT2D eigenvalue weighted by Gasteiger charge is -2.35. The molecule has 0 saturated carbocycles. The van der Waals surface area contributed by atoms with Crippen LogP contribution in [0.5, 0.6) is 11.5 Å². The Labute approximate surface area is 288 Å². The molecule has 0 saturated heterocycles. The molecule has 48 heavy (non-hydrogen) atoms. The summed E-state index contributed by atoms with van der Waals surface area (Å²) in [6.45, 7) is 6.89. The van der Waals surface area contributed by atoms with E-state index >= 15 is 0 Å². The maximum Gasteiger partial charge on any atom is 0.264 e. The second kappa shape index (κ2) is 15.6. The molecule has 0 bridgehead atoms. The molecule has 254 valence electrons. The summed E-state index contributed by atoms with van der Waals surface area (Å²) in [5, 5.41) is 3.49. The van der Waals surface area contributed by atoms with E-state index in [2.05, 4.69) is 5.32 Å². The van der Waals surface area contributed by atoms with E-state index in [9.17, 15) is 18.0 Å². The molecule has 0 aliphatic heterocycles. The van der Waals surface area contributed by atoms with Crippen LogP contribution in [-0.2, 0) is 32.6 Å². The van der Waals surface area contributed by atoms with Crippen LogP contribution in [0.15, 0.2) is 102 Å². The van der Waals surface area contributed by atoms with Gasteiger partial charge in [0.25, 0.3) is 10.0 Å². The van der Waals surface area contributed by atoms with Crippen LogP contribution in [0.1, 0.15) is 37.5 Å². The first-order chi connectivity index (χ1) is 22.7. The van der Waals surface area contributed by atoms with E-state index in [-0.39, 0.29) is 35.2 Å². The minimum Gasteiger partial charge on any atom is -0.493 e. The number of anilines is 1. The molecule has 0 radical (unpaired) electrons. The molecule has 4 rings (SSSR count). The van der Waals surface area contributed by atoms with Crippen LogP contribution < -0.4 is 19.1 Å². The Kier molecular flexibility index (Phi) is 11.8. The zero-order chi connectivity index (χ0) is 35.1. The van der Waals surface area contributed by atoms with Gasteiger partial charge in [0.15, 0.2) is 11.5 Å². The normalized spacial score (nSPS) is 12.1. The first-order valence-corrected chi connectivity index (χ1v) is 17.2. The van der Waals surface area contributed by atoms with Gasteiger partial charge in [0.05, 0.1) is 24.8 Å². The Morgan fingerprint density at radius 3 is 2.08 bits per heavy atom. The van der Waals surface area contributed by atoms with Crippen LogP contribution in [0.4, 0.5) is 5.69 Å². The molecule has 9 nitrogen and oxygen atoms in total. The number of carbonyl (C=O) groups is 2. The lowest BCUT2D eigenvalue weighted by molar-refractivity contribution is -0.140. The summed E-state index contributed by atoms with van der Waals surface area (Å²) in [7, 11) is -1.46. The fraction of sp³-hybridized carbons (Fsp3) is 0.297. The van der Waals surface area contributed by atoms with Gasteiger partial charge in [-0.3, -0.25) is 13.9 Å². The summed E-state index contributed by atoms with van der Waals surface area (Å²) in [4.78, 5) is 30.0. The van der Waals surface area contributed by atoms with Crippen molar-refractivity contribution in [2.45, 2.75) is 57.1 Å². The van der Waals surface area contributed by atoms with E-state index < -0.39 is 34.1 Å². The summed E-state index contributed by atoms with van der Waals surface area (Å²) >= 11 is 6.33. The molecule has 2 amide bonds. The van der Waals surface area contributed by atoms with Crippen LogP contribution in [0.25, 0.3) is 0 Å². The molecule has 11 heteroatoms. The van der Waals surface area contributed by atoms with Crippen molar-refractivity contribution in [1.82, 2.24) is 10.2 Å². The average Bonchev–Trinajstić information content (AvgIpc) is 3.04. The van der Waals surface area contributed by atoms with Gasteiger partial charge in [-0.2, -0.15) is 0 Å². The molecule has 0 unspecified atom stereocenters. The maximum absolute atomic E-state index is 14.6. The Morgan fingerprint density at radius 1 is 0.833 bits per heavy atom. The molecular formula is C37H42ClN3O6S. The predicted molar refractivity (Wildman–Crippen MR) is 189 cm³/mol. The van der Waals surface area contributed by atoms with Crippen LogP contribution in [0, 0.1) is 6.92 Å². The fourth-order valence-electron chi connectivity index (χ4n) is 5.18. The standard InChI is InChI=1S/C37H42ClN3O6S/c1-26-15-17-30(18-16-26)41(48(44,45)31-19-20-33(46-5)34(23-31)47-6)25-35(42)40(24-28-13-10-14-29(38)21-28)32(36(43)39-37(2,3)4)22-27-11-8-7-9-12-27/h7-21,23,32H,22,24-25H2,1-6H3,(H,39,43)/t32-/m0/s1. The van der Waals surface area contributed by atoms with Crippen molar-refractivity contribution in [2.24, 2.45) is 0 Å². The largest absolute Gasteiger partial charge is 0.493 e. The van der Waals surface area contributed by atoms with Crippen LogP contribution in [-0.4, -0.2) is 57.5 Å². The molecule has 0 fully saturated rings. The quantitative estimate of drug-likeness (QED) is 0.174. The predicted octanol–water partition coefficient (Wildman–Crippen LogP) is 6.42. The minimum absolute atomic E-state index is 0.00655. The Balaban J connectivity index is 1.84. The lowest BCUT2D eigenvalue weighted by Crippen LogP contribution is -2.56. The molecular weight excluding hydrogens is 650 g/mol. The summed E-state index contributed by atoms with van der Waals surface area (Å²) in [6.07, 6.45) is 0.196. The number of benzene rings is 4. The number of halogens is 1. The molecule has 0 spiro atoms. The fourth-order valence-corrected chi connectivity index (χ4v) is 6.83. The first-order valence-electron chi connectivity index (χ1n) is 15.4. The molecule has 1 N–H and O–H groups in total. The van der Waals surface area contributed by atoms with Crippen molar-refractivity contribution in [3.05, 3.63) is 119 Å². The Bertz CT molecular complexity index is 1830. The number of ether oxygens (including phenoxy) is 2. The lowest BCUT2D eigenvalue weighted by atomic mass is 10.0. The third kappa shape index (κ3) is 9.29. The number of amides is 2. The average molecular weight is 692 g/mol. The summed E-state index contributed by atoms with van der Waals surface area (Å²) in [5.74, 6) is -0.371. The van der Waals surface area contributed by atoms with Gasteiger partial charge in [-0.15, -0.1) is 0 Å². The zero-order valence-corrected chi connectivity index (χ0v) is 29.6. The van der Waals surface area contributed by atoms with E-state index in [0.29, 0.717) is 16.3 Å². The monoisotopic (exact) mass is 691 g/mol. The number of nitrogens with one attached hydrogen (secondary N) is 1. The van der Waals surface area contributed by atoms with Gasteiger partial charge in [-0.25, -0.2) is 8.42 Å². The van der Waals surface area contributed by atoms with Gasteiger partial charge in [-0.05, 0) is 75.2 Å².